The Morgan fingerprint density at radius 3 is 2.53 bits per heavy atom. The van der Waals surface area contributed by atoms with E-state index in [-0.39, 0.29) is 5.92 Å². The molecular weight excluding hydrogens is 237 g/mol. The molecule has 1 rings (SSSR count). The zero-order valence-corrected chi connectivity index (χ0v) is 9.59. The molecule has 0 aliphatic rings. The van der Waals surface area contributed by atoms with Crippen molar-refractivity contribution in [3.63, 3.8) is 0 Å². The Hall–Kier alpha value is -0.770. The average Bonchev–Trinajstić information content (AvgIpc) is 2.15. The molecular formula is C10H11Cl2NO2. The number of hydrogen-bond acceptors (Lipinski definition) is 2. The Balaban J connectivity index is 3.01. The second-order valence-electron chi connectivity index (χ2n) is 3.32. The van der Waals surface area contributed by atoms with Gasteiger partial charge in [0.05, 0.1) is 0 Å². The van der Waals surface area contributed by atoms with E-state index in [4.69, 9.17) is 34.0 Å². The van der Waals surface area contributed by atoms with Gasteiger partial charge < -0.3 is 10.8 Å². The van der Waals surface area contributed by atoms with Crippen LogP contribution in [0.5, 0.6) is 0 Å². The number of carbonyl (C=O) groups is 1. The lowest BCUT2D eigenvalue weighted by molar-refractivity contribution is -0.138. The molecule has 3 N–H and O–H groups in total. The summed E-state index contributed by atoms with van der Waals surface area (Å²) in [5.74, 6) is -1.40. The molecule has 82 valence electrons. The summed E-state index contributed by atoms with van der Waals surface area (Å²) in [7, 11) is 0. The fourth-order valence-corrected chi connectivity index (χ4v) is 1.86. The standard InChI is InChI=1S/C10H11Cl2NO2/c1-5(9(13)10(14)15)7-3-2-6(11)4-8(7)12/h2-5,9H,13H2,1H3,(H,14,15). The molecule has 1 aromatic carbocycles. The van der Waals surface area contributed by atoms with Crippen molar-refractivity contribution in [1.29, 1.82) is 0 Å². The predicted octanol–water partition coefficient (Wildman–Crippen LogP) is 2.51. The Morgan fingerprint density at radius 1 is 1.47 bits per heavy atom. The second kappa shape index (κ2) is 4.84. The number of halogens is 2. The third kappa shape index (κ3) is 2.84. The smallest absolute Gasteiger partial charge is 0.321 e. The van der Waals surface area contributed by atoms with E-state index in [1.165, 1.54) is 0 Å². The molecule has 0 heterocycles. The summed E-state index contributed by atoms with van der Waals surface area (Å²) in [4.78, 5) is 10.7. The number of carboxylic acid groups (broad SMARTS) is 1. The first-order valence-corrected chi connectivity index (χ1v) is 5.12. The minimum atomic E-state index is -1.05. The molecule has 0 spiro atoms. The van der Waals surface area contributed by atoms with Gasteiger partial charge in [-0.1, -0.05) is 36.2 Å². The molecule has 5 heteroatoms. The van der Waals surface area contributed by atoms with Gasteiger partial charge in [-0.15, -0.1) is 0 Å². The van der Waals surface area contributed by atoms with Crippen LogP contribution in [-0.4, -0.2) is 17.1 Å². The summed E-state index contributed by atoms with van der Waals surface area (Å²) in [5, 5.41) is 9.72. The topological polar surface area (TPSA) is 63.3 Å². The fourth-order valence-electron chi connectivity index (χ4n) is 1.28. The molecule has 2 atom stereocenters. The third-order valence-electron chi connectivity index (χ3n) is 2.28. The first-order chi connectivity index (χ1) is 6.93. The normalized spacial score (nSPS) is 14.7. The van der Waals surface area contributed by atoms with Gasteiger partial charge in [-0.25, -0.2) is 0 Å². The zero-order valence-electron chi connectivity index (χ0n) is 8.08. The molecule has 1 aromatic rings. The molecule has 15 heavy (non-hydrogen) atoms. The van der Waals surface area contributed by atoms with Gasteiger partial charge in [0, 0.05) is 16.0 Å². The van der Waals surface area contributed by atoms with E-state index < -0.39 is 12.0 Å². The van der Waals surface area contributed by atoms with Crippen molar-refractivity contribution in [2.24, 2.45) is 5.73 Å². The van der Waals surface area contributed by atoms with Crippen molar-refractivity contribution in [2.45, 2.75) is 18.9 Å². The van der Waals surface area contributed by atoms with Crippen LogP contribution >= 0.6 is 23.2 Å². The van der Waals surface area contributed by atoms with E-state index in [0.717, 1.165) is 0 Å². The van der Waals surface area contributed by atoms with E-state index in [0.29, 0.717) is 15.6 Å². The van der Waals surface area contributed by atoms with Crippen molar-refractivity contribution in [3.8, 4) is 0 Å². The molecule has 0 saturated heterocycles. The molecule has 0 aliphatic carbocycles. The maximum Gasteiger partial charge on any atom is 0.321 e. The van der Waals surface area contributed by atoms with E-state index in [2.05, 4.69) is 0 Å². The van der Waals surface area contributed by atoms with E-state index >= 15 is 0 Å². The summed E-state index contributed by atoms with van der Waals surface area (Å²) in [6.07, 6.45) is 0. The Bertz CT molecular complexity index is 382. The number of nitrogens with two attached hydrogens (primary N) is 1. The van der Waals surface area contributed by atoms with Gasteiger partial charge in [-0.2, -0.15) is 0 Å². The summed E-state index contributed by atoms with van der Waals surface area (Å²) >= 11 is 11.7. The first-order valence-electron chi connectivity index (χ1n) is 4.37. The fraction of sp³-hybridized carbons (Fsp3) is 0.300. The van der Waals surface area contributed by atoms with Crippen LogP contribution in [-0.2, 0) is 4.79 Å². The minimum Gasteiger partial charge on any atom is -0.480 e. The highest BCUT2D eigenvalue weighted by Gasteiger charge is 2.23. The quantitative estimate of drug-likeness (QED) is 0.863. The van der Waals surface area contributed by atoms with Gasteiger partial charge in [0.15, 0.2) is 0 Å². The van der Waals surface area contributed by atoms with Crippen molar-refractivity contribution >= 4 is 29.2 Å². The van der Waals surface area contributed by atoms with Crippen molar-refractivity contribution in [1.82, 2.24) is 0 Å². The van der Waals surface area contributed by atoms with Gasteiger partial charge in [0.25, 0.3) is 0 Å². The predicted molar refractivity (Wildman–Crippen MR) is 60.5 cm³/mol. The number of benzene rings is 1. The van der Waals surface area contributed by atoms with Gasteiger partial charge in [-0.05, 0) is 17.7 Å². The van der Waals surface area contributed by atoms with Gasteiger partial charge in [-0.3, -0.25) is 4.79 Å². The van der Waals surface area contributed by atoms with E-state index in [1.807, 2.05) is 0 Å². The highest BCUT2D eigenvalue weighted by Crippen LogP contribution is 2.28. The number of hydrogen-bond donors (Lipinski definition) is 2. The SMILES string of the molecule is CC(c1ccc(Cl)cc1Cl)C(N)C(=O)O. The van der Waals surface area contributed by atoms with Crippen molar-refractivity contribution in [3.05, 3.63) is 33.8 Å². The van der Waals surface area contributed by atoms with Crippen LogP contribution < -0.4 is 5.73 Å². The first kappa shape index (κ1) is 12.3. The molecule has 3 nitrogen and oxygen atoms in total. The van der Waals surface area contributed by atoms with Crippen LogP contribution in [0.3, 0.4) is 0 Å². The molecule has 0 fully saturated rings. The maximum absolute atomic E-state index is 10.7. The zero-order chi connectivity index (χ0) is 11.6. The highest BCUT2D eigenvalue weighted by molar-refractivity contribution is 6.35. The number of carboxylic acids is 1. The van der Waals surface area contributed by atoms with Crippen LogP contribution in [0.2, 0.25) is 10.0 Å². The average molecular weight is 248 g/mol. The van der Waals surface area contributed by atoms with Crippen LogP contribution in [0.4, 0.5) is 0 Å². The van der Waals surface area contributed by atoms with Gasteiger partial charge in [0.2, 0.25) is 0 Å². The number of aliphatic carboxylic acids is 1. The molecule has 0 aliphatic heterocycles. The molecule has 0 aromatic heterocycles. The second-order valence-corrected chi connectivity index (χ2v) is 4.16. The van der Waals surface area contributed by atoms with Crippen LogP contribution in [0.25, 0.3) is 0 Å². The summed E-state index contributed by atoms with van der Waals surface area (Å²) < 4.78 is 0. The molecule has 2 unspecified atom stereocenters. The third-order valence-corrected chi connectivity index (χ3v) is 2.84. The Morgan fingerprint density at radius 2 is 2.07 bits per heavy atom. The summed E-state index contributed by atoms with van der Waals surface area (Å²) in [6, 6.07) is 3.96. The van der Waals surface area contributed by atoms with Crippen LogP contribution in [0.15, 0.2) is 18.2 Å². The monoisotopic (exact) mass is 247 g/mol. The Labute approximate surface area is 97.8 Å². The molecule has 0 bridgehead atoms. The largest absolute Gasteiger partial charge is 0.480 e. The van der Waals surface area contributed by atoms with E-state index in [1.54, 1.807) is 25.1 Å². The molecule has 0 saturated carbocycles. The van der Waals surface area contributed by atoms with Gasteiger partial charge >= 0.3 is 5.97 Å². The lowest BCUT2D eigenvalue weighted by Gasteiger charge is -2.17. The Kier molecular flexibility index (Phi) is 3.97. The van der Waals surface area contributed by atoms with Crippen molar-refractivity contribution < 1.29 is 9.90 Å². The van der Waals surface area contributed by atoms with Crippen LogP contribution in [0.1, 0.15) is 18.4 Å². The van der Waals surface area contributed by atoms with Crippen LogP contribution in [0, 0.1) is 0 Å². The van der Waals surface area contributed by atoms with Crippen molar-refractivity contribution in [2.75, 3.05) is 0 Å². The molecule has 0 amide bonds. The highest BCUT2D eigenvalue weighted by atomic mass is 35.5. The lowest BCUT2D eigenvalue weighted by Crippen LogP contribution is -2.35. The lowest BCUT2D eigenvalue weighted by atomic mass is 9.94. The molecule has 0 radical (unpaired) electrons. The summed E-state index contributed by atoms with van der Waals surface area (Å²) in [6.45, 7) is 1.72. The maximum atomic E-state index is 10.7. The van der Waals surface area contributed by atoms with Gasteiger partial charge in [0.1, 0.15) is 6.04 Å². The minimum absolute atomic E-state index is 0.354. The number of rotatable bonds is 3. The summed E-state index contributed by atoms with van der Waals surface area (Å²) in [5.41, 5.74) is 6.20. The van der Waals surface area contributed by atoms with E-state index in [9.17, 15) is 4.79 Å².